The van der Waals surface area contributed by atoms with Crippen LogP contribution in [0.25, 0.3) is 0 Å². The molecule has 0 spiro atoms. The summed E-state index contributed by atoms with van der Waals surface area (Å²) < 4.78 is 10.5. The Kier molecular flexibility index (Phi) is 9.52. The van der Waals surface area contributed by atoms with E-state index in [1.165, 1.54) is 11.1 Å². The third-order valence-electron chi connectivity index (χ3n) is 5.86. The van der Waals surface area contributed by atoms with Crippen molar-refractivity contribution in [3.05, 3.63) is 142 Å². The molecule has 0 aliphatic heterocycles. The summed E-state index contributed by atoms with van der Waals surface area (Å²) in [6, 6.07) is 31.3. The van der Waals surface area contributed by atoms with Crippen molar-refractivity contribution in [2.75, 3.05) is 14.2 Å². The second-order valence-electron chi connectivity index (χ2n) is 8.94. The van der Waals surface area contributed by atoms with Gasteiger partial charge in [0.05, 0.1) is 25.4 Å². The lowest BCUT2D eigenvalue weighted by Gasteiger charge is -1.98. The minimum Gasteiger partial charge on any atom is -0.497 e. The van der Waals surface area contributed by atoms with Gasteiger partial charge in [0.1, 0.15) is 11.5 Å². The predicted octanol–water partition coefficient (Wildman–Crippen LogP) is 7.12. The van der Waals surface area contributed by atoms with E-state index in [0.29, 0.717) is 11.1 Å². The third-order valence-corrected chi connectivity index (χ3v) is 5.86. The largest absolute Gasteiger partial charge is 0.497 e. The van der Waals surface area contributed by atoms with Crippen LogP contribution in [0.3, 0.4) is 0 Å². The lowest BCUT2D eigenvalue weighted by molar-refractivity contribution is 0.414. The van der Waals surface area contributed by atoms with E-state index < -0.39 is 0 Å². The maximum Gasteiger partial charge on any atom is 0.118 e. The summed E-state index contributed by atoms with van der Waals surface area (Å²) in [5.74, 6) is 27.5. The number of aryl methyl sites for hydroxylation is 2. The fourth-order valence-corrected chi connectivity index (χ4v) is 3.47. The number of methoxy groups -OCH3 is 2. The van der Waals surface area contributed by atoms with Gasteiger partial charge in [-0.05, 0) is 86.6 Å². The van der Waals surface area contributed by atoms with Crippen molar-refractivity contribution in [1.29, 1.82) is 0 Å². The Morgan fingerprint density at radius 3 is 0.900 bits per heavy atom. The third kappa shape index (κ3) is 8.23. The van der Waals surface area contributed by atoms with Gasteiger partial charge in [-0.25, -0.2) is 0 Å². The lowest BCUT2D eigenvalue weighted by atomic mass is 10.1. The molecular weight excluding hydrogens is 488 g/mol. The molecule has 0 amide bonds. The molecule has 0 bridgehead atoms. The number of allylic oxidation sites excluding steroid dienone is 2. The van der Waals surface area contributed by atoms with E-state index in [2.05, 4.69) is 61.2 Å². The molecule has 0 aliphatic rings. The van der Waals surface area contributed by atoms with Crippen molar-refractivity contribution in [2.45, 2.75) is 13.8 Å². The van der Waals surface area contributed by atoms with E-state index in [1.807, 2.05) is 97.1 Å². The number of hydrogen-bond acceptors (Lipinski definition) is 2. The quantitative estimate of drug-likeness (QED) is 0.264. The van der Waals surface area contributed by atoms with Crippen molar-refractivity contribution >= 4 is 0 Å². The summed E-state index contributed by atoms with van der Waals surface area (Å²) >= 11 is 0. The highest BCUT2D eigenvalue weighted by atomic mass is 16.5. The Morgan fingerprint density at radius 1 is 0.400 bits per heavy atom. The first-order chi connectivity index (χ1) is 19.5. The fourth-order valence-electron chi connectivity index (χ4n) is 3.47. The molecule has 40 heavy (non-hydrogen) atoms. The molecular formula is C38H28O2. The van der Waals surface area contributed by atoms with E-state index in [0.717, 1.165) is 33.8 Å². The second-order valence-corrected chi connectivity index (χ2v) is 8.94. The van der Waals surface area contributed by atoms with E-state index in [9.17, 15) is 0 Å². The zero-order valence-electron chi connectivity index (χ0n) is 23.1. The number of hydrogen-bond donors (Lipinski definition) is 0. The van der Waals surface area contributed by atoms with Crippen LogP contribution in [0.5, 0.6) is 11.5 Å². The molecule has 0 aromatic heterocycles. The second kappa shape index (κ2) is 13.8. The van der Waals surface area contributed by atoms with Crippen LogP contribution in [0, 0.1) is 61.2 Å². The van der Waals surface area contributed by atoms with Crippen LogP contribution in [-0.4, -0.2) is 14.2 Å². The van der Waals surface area contributed by atoms with Gasteiger partial charge < -0.3 is 9.47 Å². The smallest absolute Gasteiger partial charge is 0.118 e. The monoisotopic (exact) mass is 516 g/mol. The average molecular weight is 517 g/mol. The Balaban J connectivity index is 1.86. The summed E-state index contributed by atoms with van der Waals surface area (Å²) in [5.41, 5.74) is 6.92. The molecule has 0 saturated carbocycles. The standard InChI is InChI=1S/C38H28O2/c1-29-5-9-31(10-6-29)13-21-35(23-15-33-17-25-37(39-3)26-18-33)36(22-14-32-11-7-30(2)8-12-32)24-16-34-19-27-38(40-4)28-20-34/h5-12,17-20,25-28H,1-4H3/b36-35+. The first-order valence-corrected chi connectivity index (χ1v) is 12.8. The Hall–Kier alpha value is -5.54. The normalized spacial score (nSPS) is 10.1. The summed E-state index contributed by atoms with van der Waals surface area (Å²) in [4.78, 5) is 0. The van der Waals surface area contributed by atoms with Gasteiger partial charge in [0.25, 0.3) is 0 Å². The summed E-state index contributed by atoms with van der Waals surface area (Å²) in [6.45, 7) is 4.10. The van der Waals surface area contributed by atoms with Gasteiger partial charge in [-0.15, -0.1) is 0 Å². The van der Waals surface area contributed by atoms with Gasteiger partial charge in [-0.1, -0.05) is 82.8 Å². The van der Waals surface area contributed by atoms with E-state index in [4.69, 9.17) is 9.47 Å². The molecule has 4 aromatic carbocycles. The van der Waals surface area contributed by atoms with Crippen molar-refractivity contribution in [3.8, 4) is 58.9 Å². The summed E-state index contributed by atoms with van der Waals surface area (Å²) in [6.07, 6.45) is 0. The first-order valence-electron chi connectivity index (χ1n) is 12.8. The van der Waals surface area contributed by atoms with Crippen molar-refractivity contribution in [2.24, 2.45) is 0 Å². The molecule has 0 fully saturated rings. The van der Waals surface area contributed by atoms with Crippen LogP contribution >= 0.6 is 0 Å². The van der Waals surface area contributed by atoms with Crippen LogP contribution in [-0.2, 0) is 0 Å². The predicted molar refractivity (Wildman–Crippen MR) is 163 cm³/mol. The maximum absolute atomic E-state index is 5.27. The topological polar surface area (TPSA) is 18.5 Å². The van der Waals surface area contributed by atoms with Gasteiger partial charge in [0.2, 0.25) is 0 Å². The van der Waals surface area contributed by atoms with E-state index in [1.54, 1.807) is 14.2 Å². The minimum absolute atomic E-state index is 0.553. The summed E-state index contributed by atoms with van der Waals surface area (Å²) in [7, 11) is 3.28. The molecule has 0 radical (unpaired) electrons. The Bertz CT molecular complexity index is 1610. The minimum atomic E-state index is 0.553. The molecule has 0 aliphatic carbocycles. The molecule has 0 saturated heterocycles. The van der Waals surface area contributed by atoms with Gasteiger partial charge in [0.15, 0.2) is 0 Å². The molecule has 0 heterocycles. The molecule has 2 nitrogen and oxygen atoms in total. The molecule has 0 N–H and O–H groups in total. The lowest BCUT2D eigenvalue weighted by Crippen LogP contribution is -1.87. The molecule has 4 rings (SSSR count). The Morgan fingerprint density at radius 2 is 0.650 bits per heavy atom. The average Bonchev–Trinajstić information content (AvgIpc) is 3.00. The number of rotatable bonds is 2. The molecule has 4 aromatic rings. The maximum atomic E-state index is 5.27. The highest BCUT2D eigenvalue weighted by Gasteiger charge is 2.00. The van der Waals surface area contributed by atoms with Gasteiger partial charge >= 0.3 is 0 Å². The van der Waals surface area contributed by atoms with Gasteiger partial charge in [-0.3, -0.25) is 0 Å². The highest BCUT2D eigenvalue weighted by molar-refractivity contribution is 5.65. The first kappa shape index (κ1) is 27.5. The molecule has 2 heteroatoms. The fraction of sp³-hybridized carbons (Fsp3) is 0.105. The van der Waals surface area contributed by atoms with Gasteiger partial charge in [-0.2, -0.15) is 0 Å². The van der Waals surface area contributed by atoms with Crippen LogP contribution < -0.4 is 9.47 Å². The van der Waals surface area contributed by atoms with Crippen LogP contribution in [0.1, 0.15) is 33.4 Å². The zero-order valence-corrected chi connectivity index (χ0v) is 23.1. The van der Waals surface area contributed by atoms with Gasteiger partial charge in [0, 0.05) is 22.3 Å². The number of ether oxygens (including phenoxy) is 2. The summed E-state index contributed by atoms with van der Waals surface area (Å²) in [5, 5.41) is 0. The molecule has 192 valence electrons. The molecule has 0 atom stereocenters. The molecule has 0 unspecified atom stereocenters. The number of benzene rings is 4. The van der Waals surface area contributed by atoms with E-state index in [-0.39, 0.29) is 0 Å². The van der Waals surface area contributed by atoms with Crippen LogP contribution in [0.4, 0.5) is 0 Å². The zero-order chi connectivity index (χ0) is 28.2. The van der Waals surface area contributed by atoms with Crippen LogP contribution in [0.15, 0.2) is 108 Å². The van der Waals surface area contributed by atoms with E-state index >= 15 is 0 Å². The van der Waals surface area contributed by atoms with Crippen molar-refractivity contribution in [3.63, 3.8) is 0 Å². The SMILES string of the molecule is COc1ccc(C#C/C(C#Cc2ccc(C)cc2)=C(\C#Cc2ccc(C)cc2)C#Cc2ccc(OC)cc2)cc1. The van der Waals surface area contributed by atoms with Crippen molar-refractivity contribution < 1.29 is 9.47 Å². The van der Waals surface area contributed by atoms with Crippen molar-refractivity contribution in [1.82, 2.24) is 0 Å². The van der Waals surface area contributed by atoms with Crippen LogP contribution in [0.2, 0.25) is 0 Å². The highest BCUT2D eigenvalue weighted by Crippen LogP contribution is 2.13. The Labute approximate surface area is 237 Å².